The smallest absolute Gasteiger partial charge is 0.410 e. The number of carbonyl (C=O) groups is 1. The standard InChI is InChI=1S/C21H26N4O3/c1-21(2,3)28-20(26)24-11-8-18(9-12-24)25-13-10-19(23-25)27-15-17-6-4-16(14-22)5-7-17/h4-7,10,13,18H,8-9,11-12,15H2,1-3H3. The summed E-state index contributed by atoms with van der Waals surface area (Å²) in [6.45, 7) is 7.34. The Morgan fingerprint density at radius 3 is 2.50 bits per heavy atom. The van der Waals surface area contributed by atoms with Gasteiger partial charge in [-0.05, 0) is 51.3 Å². The SMILES string of the molecule is CC(C)(C)OC(=O)N1CCC(n2ccc(OCc3ccc(C#N)cc3)n2)CC1. The highest BCUT2D eigenvalue weighted by atomic mass is 16.6. The molecule has 1 aromatic carbocycles. The van der Waals surface area contributed by atoms with Crippen molar-refractivity contribution in [1.29, 1.82) is 5.26 Å². The molecule has 0 radical (unpaired) electrons. The Balaban J connectivity index is 1.49. The summed E-state index contributed by atoms with van der Waals surface area (Å²) in [5, 5.41) is 13.4. The fourth-order valence-electron chi connectivity index (χ4n) is 3.07. The summed E-state index contributed by atoms with van der Waals surface area (Å²) in [4.78, 5) is 13.9. The first kappa shape index (κ1) is 19.7. The van der Waals surface area contributed by atoms with Crippen molar-refractivity contribution in [2.45, 2.75) is 51.9 Å². The van der Waals surface area contributed by atoms with Crippen LogP contribution in [0.2, 0.25) is 0 Å². The van der Waals surface area contributed by atoms with E-state index in [4.69, 9.17) is 14.7 Å². The third-order valence-corrected chi connectivity index (χ3v) is 4.54. The van der Waals surface area contributed by atoms with Gasteiger partial charge in [-0.3, -0.25) is 4.68 Å². The van der Waals surface area contributed by atoms with Crippen LogP contribution < -0.4 is 4.74 Å². The van der Waals surface area contributed by atoms with Crippen molar-refractivity contribution in [3.63, 3.8) is 0 Å². The van der Waals surface area contributed by atoms with Crippen LogP contribution >= 0.6 is 0 Å². The summed E-state index contributed by atoms with van der Waals surface area (Å²) in [6, 6.07) is 11.5. The number of hydrogen-bond donors (Lipinski definition) is 0. The number of nitrogens with zero attached hydrogens (tertiary/aromatic N) is 4. The van der Waals surface area contributed by atoms with E-state index in [2.05, 4.69) is 11.2 Å². The van der Waals surface area contributed by atoms with Crippen molar-refractivity contribution in [1.82, 2.24) is 14.7 Å². The average Bonchev–Trinajstić information content (AvgIpc) is 3.14. The van der Waals surface area contributed by atoms with Gasteiger partial charge in [0.05, 0.1) is 17.7 Å². The minimum Gasteiger partial charge on any atom is -0.472 e. The molecule has 148 valence electrons. The molecular weight excluding hydrogens is 356 g/mol. The largest absolute Gasteiger partial charge is 0.472 e. The third kappa shape index (κ3) is 5.26. The molecule has 3 rings (SSSR count). The number of piperidine rings is 1. The molecule has 7 heteroatoms. The molecule has 7 nitrogen and oxygen atoms in total. The van der Waals surface area contributed by atoms with E-state index in [1.54, 1.807) is 17.0 Å². The van der Waals surface area contributed by atoms with Gasteiger partial charge in [0.15, 0.2) is 0 Å². The zero-order valence-electron chi connectivity index (χ0n) is 16.6. The molecule has 1 amide bonds. The van der Waals surface area contributed by atoms with Crippen molar-refractivity contribution in [2.75, 3.05) is 13.1 Å². The number of likely N-dealkylation sites (tertiary alicyclic amines) is 1. The van der Waals surface area contributed by atoms with Gasteiger partial charge in [-0.25, -0.2) is 4.79 Å². The molecule has 0 N–H and O–H groups in total. The highest BCUT2D eigenvalue weighted by Gasteiger charge is 2.27. The van der Waals surface area contributed by atoms with Crippen molar-refractivity contribution < 1.29 is 14.3 Å². The van der Waals surface area contributed by atoms with Crippen LogP contribution in [0.15, 0.2) is 36.5 Å². The van der Waals surface area contributed by atoms with Crippen LogP contribution in [0.25, 0.3) is 0 Å². The Hall–Kier alpha value is -3.01. The fraction of sp³-hybridized carbons (Fsp3) is 0.476. The average molecular weight is 382 g/mol. The fourth-order valence-corrected chi connectivity index (χ4v) is 3.07. The van der Waals surface area contributed by atoms with Crippen molar-refractivity contribution in [2.24, 2.45) is 0 Å². The molecule has 0 bridgehead atoms. The Labute approximate surface area is 165 Å². The molecule has 1 saturated heterocycles. The molecule has 1 aliphatic heterocycles. The van der Waals surface area contributed by atoms with Crippen molar-refractivity contribution in [3.8, 4) is 11.9 Å². The zero-order chi connectivity index (χ0) is 20.1. The third-order valence-electron chi connectivity index (χ3n) is 4.54. The summed E-state index contributed by atoms with van der Waals surface area (Å²) in [5.74, 6) is 0.568. The molecule has 2 heterocycles. The summed E-state index contributed by atoms with van der Waals surface area (Å²) in [7, 11) is 0. The first-order valence-corrected chi connectivity index (χ1v) is 9.49. The minimum atomic E-state index is -0.475. The normalized spacial score (nSPS) is 15.1. The zero-order valence-corrected chi connectivity index (χ0v) is 16.6. The maximum Gasteiger partial charge on any atom is 0.410 e. The molecule has 0 spiro atoms. The van der Waals surface area contributed by atoms with E-state index >= 15 is 0 Å². The van der Waals surface area contributed by atoms with E-state index in [1.807, 2.05) is 49.8 Å². The number of amides is 1. The number of rotatable bonds is 4. The summed E-state index contributed by atoms with van der Waals surface area (Å²) in [5.41, 5.74) is 1.14. The first-order valence-electron chi connectivity index (χ1n) is 9.49. The van der Waals surface area contributed by atoms with Crippen molar-refractivity contribution in [3.05, 3.63) is 47.7 Å². The second-order valence-corrected chi connectivity index (χ2v) is 7.93. The molecule has 2 aromatic rings. The van der Waals surface area contributed by atoms with Gasteiger partial charge in [-0.1, -0.05) is 12.1 Å². The number of carbonyl (C=O) groups excluding carboxylic acids is 1. The van der Waals surface area contributed by atoms with Crippen molar-refractivity contribution >= 4 is 6.09 Å². The lowest BCUT2D eigenvalue weighted by Gasteiger charge is -2.33. The van der Waals surface area contributed by atoms with Gasteiger partial charge in [-0.2, -0.15) is 5.26 Å². The minimum absolute atomic E-state index is 0.242. The predicted octanol–water partition coefficient (Wildman–Crippen LogP) is 3.91. The topological polar surface area (TPSA) is 80.4 Å². The van der Waals surface area contributed by atoms with Gasteiger partial charge in [-0.15, -0.1) is 5.10 Å². The number of hydrogen-bond acceptors (Lipinski definition) is 5. The monoisotopic (exact) mass is 382 g/mol. The second-order valence-electron chi connectivity index (χ2n) is 7.93. The molecule has 1 fully saturated rings. The van der Waals surface area contributed by atoms with Gasteiger partial charge in [0.25, 0.3) is 0 Å². The lowest BCUT2D eigenvalue weighted by Crippen LogP contribution is -2.42. The number of nitriles is 1. The van der Waals surface area contributed by atoms with Gasteiger partial charge < -0.3 is 14.4 Å². The summed E-state index contributed by atoms with van der Waals surface area (Å²) < 4.78 is 13.1. The van der Waals surface area contributed by atoms with E-state index in [9.17, 15) is 4.79 Å². The Morgan fingerprint density at radius 1 is 1.21 bits per heavy atom. The van der Waals surface area contributed by atoms with E-state index in [1.165, 1.54) is 0 Å². The Morgan fingerprint density at radius 2 is 1.89 bits per heavy atom. The highest BCUT2D eigenvalue weighted by Crippen LogP contribution is 2.24. The molecule has 0 aliphatic carbocycles. The lowest BCUT2D eigenvalue weighted by molar-refractivity contribution is 0.0184. The van der Waals surface area contributed by atoms with Gasteiger partial charge in [0.2, 0.25) is 5.88 Å². The summed E-state index contributed by atoms with van der Waals surface area (Å²) >= 11 is 0. The van der Waals surface area contributed by atoms with E-state index in [-0.39, 0.29) is 12.1 Å². The van der Waals surface area contributed by atoms with Crippen LogP contribution in [0, 0.1) is 11.3 Å². The second kappa shape index (κ2) is 8.34. The van der Waals surface area contributed by atoms with Crippen LogP contribution in [-0.2, 0) is 11.3 Å². The molecule has 1 aliphatic rings. The molecule has 28 heavy (non-hydrogen) atoms. The van der Waals surface area contributed by atoms with Crippen LogP contribution in [-0.4, -0.2) is 39.5 Å². The van der Waals surface area contributed by atoms with Crippen LogP contribution in [0.5, 0.6) is 5.88 Å². The van der Waals surface area contributed by atoms with Crippen LogP contribution in [0.1, 0.15) is 50.8 Å². The van der Waals surface area contributed by atoms with E-state index in [0.29, 0.717) is 31.1 Å². The predicted molar refractivity (Wildman–Crippen MR) is 104 cm³/mol. The van der Waals surface area contributed by atoms with E-state index in [0.717, 1.165) is 18.4 Å². The molecular formula is C21H26N4O3. The quantitative estimate of drug-likeness (QED) is 0.801. The van der Waals surface area contributed by atoms with Gasteiger partial charge in [0.1, 0.15) is 12.2 Å². The number of ether oxygens (including phenoxy) is 2. The maximum absolute atomic E-state index is 12.2. The van der Waals surface area contributed by atoms with Crippen LogP contribution in [0.4, 0.5) is 4.79 Å². The Kier molecular flexibility index (Phi) is 5.88. The maximum atomic E-state index is 12.2. The molecule has 0 saturated carbocycles. The first-order chi connectivity index (χ1) is 13.3. The number of aromatic nitrogens is 2. The number of benzene rings is 1. The lowest BCUT2D eigenvalue weighted by atomic mass is 10.1. The van der Waals surface area contributed by atoms with Gasteiger partial charge in [0, 0.05) is 25.4 Å². The molecule has 1 aromatic heterocycles. The molecule has 0 atom stereocenters. The van der Waals surface area contributed by atoms with Gasteiger partial charge >= 0.3 is 6.09 Å². The Bertz CT molecular complexity index is 838. The highest BCUT2D eigenvalue weighted by molar-refractivity contribution is 5.68. The van der Waals surface area contributed by atoms with E-state index < -0.39 is 5.60 Å². The molecule has 0 unspecified atom stereocenters. The summed E-state index contributed by atoms with van der Waals surface area (Å²) in [6.07, 6.45) is 3.33. The van der Waals surface area contributed by atoms with Crippen LogP contribution in [0.3, 0.4) is 0 Å².